The summed E-state index contributed by atoms with van der Waals surface area (Å²) in [5, 5.41) is 5.95. The monoisotopic (exact) mass is 255 g/mol. The molecule has 2 aromatic carbocycles. The summed E-state index contributed by atoms with van der Waals surface area (Å²) in [6, 6.07) is 17.3. The number of nitrogens with two attached hydrogens (primary N) is 1. The van der Waals surface area contributed by atoms with Gasteiger partial charge in [0, 0.05) is 17.4 Å². The summed E-state index contributed by atoms with van der Waals surface area (Å²) in [6.45, 7) is 2.09. The van der Waals surface area contributed by atoms with Crippen LogP contribution in [0.15, 0.2) is 54.6 Å². The second kappa shape index (κ2) is 5.91. The summed E-state index contributed by atoms with van der Waals surface area (Å²) in [4.78, 5) is 10.7. The highest BCUT2D eigenvalue weighted by Gasteiger charge is 2.05. The highest BCUT2D eigenvalue weighted by molar-refractivity contribution is 5.87. The fourth-order valence-corrected chi connectivity index (χ4v) is 1.87. The molecule has 4 N–H and O–H groups in total. The van der Waals surface area contributed by atoms with Gasteiger partial charge in [-0.25, -0.2) is 4.79 Å². The van der Waals surface area contributed by atoms with Crippen molar-refractivity contribution >= 4 is 17.4 Å². The molecule has 0 heterocycles. The van der Waals surface area contributed by atoms with Gasteiger partial charge in [-0.15, -0.1) is 0 Å². The van der Waals surface area contributed by atoms with E-state index in [1.165, 1.54) is 0 Å². The lowest BCUT2D eigenvalue weighted by atomic mass is 10.1. The fraction of sp³-hybridized carbons (Fsp3) is 0.133. The molecule has 0 saturated carbocycles. The molecule has 0 aliphatic heterocycles. The fourth-order valence-electron chi connectivity index (χ4n) is 1.87. The van der Waals surface area contributed by atoms with E-state index in [1.54, 1.807) is 0 Å². The van der Waals surface area contributed by atoms with Crippen molar-refractivity contribution in [3.05, 3.63) is 60.2 Å². The van der Waals surface area contributed by atoms with E-state index in [4.69, 9.17) is 5.73 Å². The van der Waals surface area contributed by atoms with E-state index in [9.17, 15) is 4.79 Å². The zero-order valence-electron chi connectivity index (χ0n) is 10.8. The number of rotatable bonds is 4. The van der Waals surface area contributed by atoms with E-state index in [1.807, 2.05) is 54.6 Å². The van der Waals surface area contributed by atoms with Gasteiger partial charge in [-0.1, -0.05) is 30.3 Å². The Labute approximate surface area is 112 Å². The van der Waals surface area contributed by atoms with Crippen LogP contribution in [0.25, 0.3) is 0 Å². The first-order chi connectivity index (χ1) is 9.15. The van der Waals surface area contributed by atoms with Crippen LogP contribution in [0.2, 0.25) is 0 Å². The number of carbonyl (C=O) groups excluding carboxylic acids is 1. The summed E-state index contributed by atoms with van der Waals surface area (Å²) in [6.07, 6.45) is 0. The summed E-state index contributed by atoms with van der Waals surface area (Å²) >= 11 is 0. The van der Waals surface area contributed by atoms with Gasteiger partial charge in [-0.05, 0) is 36.8 Å². The average molecular weight is 255 g/mol. The Bertz CT molecular complexity index is 537. The van der Waals surface area contributed by atoms with Crippen LogP contribution in [0.1, 0.15) is 18.5 Å². The van der Waals surface area contributed by atoms with Gasteiger partial charge in [0.2, 0.25) is 0 Å². The van der Waals surface area contributed by atoms with Crippen molar-refractivity contribution in [2.45, 2.75) is 13.0 Å². The minimum atomic E-state index is -0.553. The molecule has 4 heteroatoms. The lowest BCUT2D eigenvalue weighted by Crippen LogP contribution is -2.19. The zero-order chi connectivity index (χ0) is 13.7. The lowest BCUT2D eigenvalue weighted by molar-refractivity contribution is 0.259. The molecule has 19 heavy (non-hydrogen) atoms. The third kappa shape index (κ3) is 3.74. The number of nitrogens with one attached hydrogen (secondary N) is 2. The molecule has 0 aliphatic carbocycles. The van der Waals surface area contributed by atoms with E-state index in [-0.39, 0.29) is 6.04 Å². The number of para-hydroxylation sites is 1. The standard InChI is InChI=1S/C15H17N3O/c1-11(17-13-5-3-2-4-6-13)12-7-9-14(10-8-12)18-15(16)19/h2-11,17H,1H3,(H3,16,18,19). The molecule has 0 fully saturated rings. The number of anilines is 2. The molecule has 1 unspecified atom stereocenters. The Balaban J connectivity index is 2.03. The number of hydrogen-bond donors (Lipinski definition) is 3. The van der Waals surface area contributed by atoms with E-state index in [0.29, 0.717) is 5.69 Å². The molecule has 98 valence electrons. The number of primary amides is 1. The minimum Gasteiger partial charge on any atom is -0.379 e. The molecular weight excluding hydrogens is 238 g/mol. The van der Waals surface area contributed by atoms with E-state index < -0.39 is 6.03 Å². The number of amides is 2. The maximum atomic E-state index is 10.7. The number of urea groups is 1. The van der Waals surface area contributed by atoms with E-state index >= 15 is 0 Å². The predicted octanol–water partition coefficient (Wildman–Crippen LogP) is 3.35. The molecule has 0 aliphatic rings. The third-order valence-corrected chi connectivity index (χ3v) is 2.84. The van der Waals surface area contributed by atoms with Crippen molar-refractivity contribution in [3.8, 4) is 0 Å². The van der Waals surface area contributed by atoms with Gasteiger partial charge < -0.3 is 16.4 Å². The molecule has 2 amide bonds. The first-order valence-corrected chi connectivity index (χ1v) is 6.13. The zero-order valence-corrected chi connectivity index (χ0v) is 10.8. The number of carbonyl (C=O) groups is 1. The van der Waals surface area contributed by atoms with E-state index in [0.717, 1.165) is 11.3 Å². The minimum absolute atomic E-state index is 0.185. The topological polar surface area (TPSA) is 67.2 Å². The van der Waals surface area contributed by atoms with Crippen molar-refractivity contribution in [1.29, 1.82) is 0 Å². The number of benzene rings is 2. The molecule has 4 nitrogen and oxygen atoms in total. The van der Waals surface area contributed by atoms with Gasteiger partial charge in [0.15, 0.2) is 0 Å². The normalized spacial score (nSPS) is 11.6. The van der Waals surface area contributed by atoms with Crippen LogP contribution >= 0.6 is 0 Å². The molecule has 2 aromatic rings. The highest BCUT2D eigenvalue weighted by Crippen LogP contribution is 2.20. The smallest absolute Gasteiger partial charge is 0.316 e. The first-order valence-electron chi connectivity index (χ1n) is 6.13. The van der Waals surface area contributed by atoms with Crippen molar-refractivity contribution in [2.75, 3.05) is 10.6 Å². The molecule has 1 atom stereocenters. The molecular formula is C15H17N3O. The Hall–Kier alpha value is -2.49. The van der Waals surface area contributed by atoms with Crippen LogP contribution in [-0.4, -0.2) is 6.03 Å². The molecule has 0 spiro atoms. The Kier molecular flexibility index (Phi) is 4.03. The van der Waals surface area contributed by atoms with Gasteiger partial charge in [-0.2, -0.15) is 0 Å². The largest absolute Gasteiger partial charge is 0.379 e. The second-order valence-corrected chi connectivity index (χ2v) is 4.34. The van der Waals surface area contributed by atoms with Gasteiger partial charge >= 0.3 is 6.03 Å². The van der Waals surface area contributed by atoms with Gasteiger partial charge in [0.05, 0.1) is 0 Å². The van der Waals surface area contributed by atoms with Crippen LogP contribution < -0.4 is 16.4 Å². The second-order valence-electron chi connectivity index (χ2n) is 4.34. The molecule has 2 rings (SSSR count). The molecule has 0 radical (unpaired) electrons. The SMILES string of the molecule is CC(Nc1ccccc1)c1ccc(NC(N)=O)cc1. The van der Waals surface area contributed by atoms with Crippen LogP contribution in [0.5, 0.6) is 0 Å². The van der Waals surface area contributed by atoms with E-state index in [2.05, 4.69) is 17.6 Å². The Morgan fingerprint density at radius 1 is 1.00 bits per heavy atom. The first kappa shape index (κ1) is 13.0. The van der Waals surface area contributed by atoms with Crippen molar-refractivity contribution < 1.29 is 4.79 Å². The lowest BCUT2D eigenvalue weighted by Gasteiger charge is -2.16. The Morgan fingerprint density at radius 2 is 1.63 bits per heavy atom. The van der Waals surface area contributed by atoms with Gasteiger partial charge in [0.1, 0.15) is 0 Å². The molecule has 0 bridgehead atoms. The van der Waals surface area contributed by atoms with Crippen molar-refractivity contribution in [1.82, 2.24) is 0 Å². The summed E-state index contributed by atoms with van der Waals surface area (Å²) in [7, 11) is 0. The van der Waals surface area contributed by atoms with Gasteiger partial charge in [0.25, 0.3) is 0 Å². The Morgan fingerprint density at radius 3 is 2.21 bits per heavy atom. The molecule has 0 aromatic heterocycles. The summed E-state index contributed by atoms with van der Waals surface area (Å²) in [5.74, 6) is 0. The predicted molar refractivity (Wildman–Crippen MR) is 78.1 cm³/mol. The van der Waals surface area contributed by atoms with Crippen LogP contribution in [0.3, 0.4) is 0 Å². The van der Waals surface area contributed by atoms with Crippen LogP contribution in [0, 0.1) is 0 Å². The quantitative estimate of drug-likeness (QED) is 0.784. The maximum absolute atomic E-state index is 10.7. The summed E-state index contributed by atoms with van der Waals surface area (Å²) < 4.78 is 0. The molecule has 0 saturated heterocycles. The number of hydrogen-bond acceptors (Lipinski definition) is 2. The average Bonchev–Trinajstić information content (AvgIpc) is 2.40. The van der Waals surface area contributed by atoms with Crippen LogP contribution in [-0.2, 0) is 0 Å². The van der Waals surface area contributed by atoms with Gasteiger partial charge in [-0.3, -0.25) is 0 Å². The highest BCUT2D eigenvalue weighted by atomic mass is 16.2. The third-order valence-electron chi connectivity index (χ3n) is 2.84. The van der Waals surface area contributed by atoms with Crippen molar-refractivity contribution in [2.24, 2.45) is 5.73 Å². The summed E-state index contributed by atoms with van der Waals surface area (Å²) in [5.41, 5.74) is 7.98. The maximum Gasteiger partial charge on any atom is 0.316 e. The van der Waals surface area contributed by atoms with Crippen LogP contribution in [0.4, 0.5) is 16.2 Å². The van der Waals surface area contributed by atoms with Crippen molar-refractivity contribution in [3.63, 3.8) is 0 Å².